The molecule has 0 N–H and O–H groups in total. The second kappa shape index (κ2) is 9.43. The first-order valence-corrected chi connectivity index (χ1v) is 14.6. The Morgan fingerprint density at radius 1 is 0.442 bits per heavy atom. The molecule has 0 atom stereocenters. The molecular weight excluding hydrogens is 523 g/mol. The van der Waals surface area contributed by atoms with Gasteiger partial charge in [0, 0.05) is 39.1 Å². The van der Waals surface area contributed by atoms with E-state index in [1.54, 1.807) is 0 Å². The van der Waals surface area contributed by atoms with Crippen molar-refractivity contribution in [1.82, 2.24) is 9.97 Å². The van der Waals surface area contributed by atoms with Gasteiger partial charge in [0.2, 0.25) is 0 Å². The van der Waals surface area contributed by atoms with Crippen molar-refractivity contribution in [2.45, 2.75) is 0 Å². The number of benzene rings is 6. The lowest BCUT2D eigenvalue weighted by molar-refractivity contribution is 1.17. The number of aromatic nitrogens is 2. The molecule has 7 aromatic rings. The van der Waals surface area contributed by atoms with Crippen LogP contribution in [-0.4, -0.2) is 17.0 Å². The van der Waals surface area contributed by atoms with E-state index in [1.807, 2.05) is 18.2 Å². The lowest BCUT2D eigenvalue weighted by Crippen LogP contribution is -2.62. The van der Waals surface area contributed by atoms with Gasteiger partial charge in [-0.1, -0.05) is 115 Å². The van der Waals surface area contributed by atoms with Crippen molar-refractivity contribution >= 4 is 46.2 Å². The van der Waals surface area contributed by atoms with Gasteiger partial charge in [0.15, 0.2) is 5.82 Å². The van der Waals surface area contributed by atoms with Crippen LogP contribution in [0.3, 0.4) is 0 Å². The van der Waals surface area contributed by atoms with Gasteiger partial charge in [-0.05, 0) is 53.0 Å². The van der Waals surface area contributed by atoms with Crippen LogP contribution in [0.5, 0.6) is 0 Å². The quantitative estimate of drug-likeness (QED) is 0.207. The van der Waals surface area contributed by atoms with Gasteiger partial charge in [-0.25, -0.2) is 9.97 Å². The Morgan fingerprint density at radius 3 is 1.72 bits per heavy atom. The molecule has 0 amide bonds. The monoisotopic (exact) mass is 548 g/mol. The maximum Gasteiger partial charge on any atom is 0.423 e. The Kier molecular flexibility index (Phi) is 5.26. The third-order valence-corrected chi connectivity index (χ3v) is 8.64. The Bertz CT molecular complexity index is 2150. The molecule has 0 aliphatic carbocycles. The number of hydrogen-bond acceptors (Lipinski definition) is 4. The topological polar surface area (TPSA) is 32.3 Å². The average molecular weight is 548 g/mol. The van der Waals surface area contributed by atoms with Gasteiger partial charge in [0.05, 0.1) is 5.52 Å². The molecule has 0 spiro atoms. The van der Waals surface area contributed by atoms with Gasteiger partial charge in [-0.15, -0.1) is 0 Å². The number of rotatable bonds is 3. The molecule has 4 nitrogen and oxygen atoms in total. The molecule has 9 rings (SSSR count). The number of nitrogens with zero attached hydrogens (tertiary/aromatic N) is 4. The molecule has 5 heteroatoms. The summed E-state index contributed by atoms with van der Waals surface area (Å²) in [6.07, 6.45) is 0. The molecule has 0 saturated heterocycles. The zero-order valence-corrected chi connectivity index (χ0v) is 23.3. The van der Waals surface area contributed by atoms with Gasteiger partial charge >= 0.3 is 6.98 Å². The zero-order chi connectivity index (χ0) is 28.3. The standard InChI is InChI=1S/C38H25BN4/c1-3-14-26(15-4-1)37-40-33-23-10-7-20-32(33)38(41-37)43-35-25-12-9-19-29(35)31-22-13-21-30-28-18-8-11-24-34(28)42(39(43)36(30)31)27-16-5-2-6-17-27/h1-25H. The minimum atomic E-state index is -0.180. The van der Waals surface area contributed by atoms with Gasteiger partial charge in [0.1, 0.15) is 5.82 Å². The number of fused-ring (bicyclic) bond motifs is 5. The molecule has 0 fully saturated rings. The van der Waals surface area contributed by atoms with Crippen molar-refractivity contribution in [1.29, 1.82) is 0 Å². The molecule has 3 heterocycles. The number of para-hydroxylation sites is 4. The minimum Gasteiger partial charge on any atom is -0.361 e. The SMILES string of the molecule is c1ccc(-c2nc(N3B4c5c(cccc5-c5ccccc53)-c3ccccc3N4c3ccccc3)c3ccccc3n2)cc1. The van der Waals surface area contributed by atoms with E-state index in [2.05, 4.69) is 143 Å². The third kappa shape index (κ3) is 3.58. The Balaban J connectivity index is 1.41. The summed E-state index contributed by atoms with van der Waals surface area (Å²) in [4.78, 5) is 15.4. The summed E-state index contributed by atoms with van der Waals surface area (Å²) in [6, 6.07) is 53.6. The van der Waals surface area contributed by atoms with Crippen molar-refractivity contribution in [2.75, 3.05) is 9.62 Å². The summed E-state index contributed by atoms with van der Waals surface area (Å²) < 4.78 is 0. The fourth-order valence-electron chi connectivity index (χ4n) is 6.83. The van der Waals surface area contributed by atoms with Crippen molar-refractivity contribution in [3.8, 4) is 33.6 Å². The molecule has 0 unspecified atom stereocenters. The van der Waals surface area contributed by atoms with E-state index in [4.69, 9.17) is 9.97 Å². The van der Waals surface area contributed by atoms with Crippen LogP contribution in [0, 0.1) is 0 Å². The first-order valence-electron chi connectivity index (χ1n) is 14.6. The van der Waals surface area contributed by atoms with Crippen LogP contribution in [0.1, 0.15) is 0 Å². The van der Waals surface area contributed by atoms with Crippen molar-refractivity contribution in [3.05, 3.63) is 152 Å². The predicted molar refractivity (Wildman–Crippen MR) is 178 cm³/mol. The summed E-state index contributed by atoms with van der Waals surface area (Å²) in [5.41, 5.74) is 11.6. The summed E-state index contributed by atoms with van der Waals surface area (Å²) in [7, 11) is 0. The molecule has 43 heavy (non-hydrogen) atoms. The first-order chi connectivity index (χ1) is 21.4. The van der Waals surface area contributed by atoms with Crippen LogP contribution in [0.15, 0.2) is 152 Å². The van der Waals surface area contributed by atoms with Crippen LogP contribution in [0.4, 0.5) is 22.9 Å². The van der Waals surface area contributed by atoms with E-state index in [1.165, 1.54) is 33.4 Å². The van der Waals surface area contributed by atoms with Crippen molar-refractivity contribution in [3.63, 3.8) is 0 Å². The molecule has 2 aliphatic heterocycles. The van der Waals surface area contributed by atoms with Crippen LogP contribution in [0.25, 0.3) is 44.5 Å². The van der Waals surface area contributed by atoms with Crippen LogP contribution in [0.2, 0.25) is 0 Å². The maximum absolute atomic E-state index is 5.39. The summed E-state index contributed by atoms with van der Waals surface area (Å²) >= 11 is 0. The minimum absolute atomic E-state index is 0.180. The van der Waals surface area contributed by atoms with Gasteiger partial charge in [-0.2, -0.15) is 0 Å². The summed E-state index contributed by atoms with van der Waals surface area (Å²) in [5.74, 6) is 1.61. The smallest absolute Gasteiger partial charge is 0.361 e. The molecule has 0 bridgehead atoms. The Labute approximate surface area is 250 Å². The molecular formula is C38H25BN4. The highest BCUT2D eigenvalue weighted by Gasteiger charge is 2.47. The average Bonchev–Trinajstić information content (AvgIpc) is 3.09. The first kappa shape index (κ1) is 24.0. The molecule has 2 aliphatic rings. The van der Waals surface area contributed by atoms with Gasteiger partial charge in [-0.3, -0.25) is 0 Å². The highest BCUT2D eigenvalue weighted by atomic mass is 15.3. The summed E-state index contributed by atoms with van der Waals surface area (Å²) in [6.45, 7) is -0.180. The fourth-order valence-corrected chi connectivity index (χ4v) is 6.83. The lowest BCUT2D eigenvalue weighted by Gasteiger charge is -2.47. The second-order valence-corrected chi connectivity index (χ2v) is 11.0. The van der Waals surface area contributed by atoms with Crippen molar-refractivity contribution in [2.24, 2.45) is 0 Å². The van der Waals surface area contributed by atoms with E-state index in [-0.39, 0.29) is 6.98 Å². The van der Waals surface area contributed by atoms with E-state index >= 15 is 0 Å². The fraction of sp³-hybridized carbons (Fsp3) is 0. The van der Waals surface area contributed by atoms with Crippen molar-refractivity contribution < 1.29 is 0 Å². The third-order valence-electron chi connectivity index (χ3n) is 8.64. The van der Waals surface area contributed by atoms with E-state index in [0.717, 1.165) is 33.7 Å². The maximum atomic E-state index is 5.39. The van der Waals surface area contributed by atoms with Crippen LogP contribution < -0.4 is 15.1 Å². The second-order valence-electron chi connectivity index (χ2n) is 11.0. The lowest BCUT2D eigenvalue weighted by atomic mass is 9.53. The largest absolute Gasteiger partial charge is 0.423 e. The normalized spacial score (nSPS) is 13.0. The van der Waals surface area contributed by atoms with Crippen LogP contribution >= 0.6 is 0 Å². The molecule has 6 aromatic carbocycles. The Hall–Kier alpha value is -5.68. The van der Waals surface area contributed by atoms with E-state index in [9.17, 15) is 0 Å². The predicted octanol–water partition coefficient (Wildman–Crippen LogP) is 8.63. The van der Waals surface area contributed by atoms with Crippen LogP contribution in [-0.2, 0) is 0 Å². The van der Waals surface area contributed by atoms with Gasteiger partial charge < -0.3 is 9.62 Å². The number of hydrogen-bond donors (Lipinski definition) is 0. The van der Waals surface area contributed by atoms with E-state index < -0.39 is 0 Å². The van der Waals surface area contributed by atoms with E-state index in [0.29, 0.717) is 5.82 Å². The Morgan fingerprint density at radius 2 is 1.00 bits per heavy atom. The zero-order valence-electron chi connectivity index (χ0n) is 23.3. The number of anilines is 4. The molecule has 200 valence electrons. The molecule has 0 radical (unpaired) electrons. The molecule has 0 saturated carbocycles. The highest BCUT2D eigenvalue weighted by Crippen LogP contribution is 2.49. The summed E-state index contributed by atoms with van der Waals surface area (Å²) in [5, 5.41) is 1.02. The van der Waals surface area contributed by atoms with Gasteiger partial charge in [0.25, 0.3) is 0 Å². The molecule has 1 aromatic heterocycles. The highest BCUT2D eigenvalue weighted by molar-refractivity contribution is 6.86.